The topological polar surface area (TPSA) is 91.0 Å². The van der Waals surface area contributed by atoms with Crippen molar-refractivity contribution in [2.75, 3.05) is 60.0 Å². The van der Waals surface area contributed by atoms with Crippen molar-refractivity contribution in [3.8, 4) is 11.5 Å². The third-order valence-corrected chi connectivity index (χ3v) is 5.18. The number of hydrogen-bond donors (Lipinski definition) is 3. The number of likely N-dealkylation sites (N-methyl/N-ethyl adjacent to an activating group) is 1. The van der Waals surface area contributed by atoms with E-state index in [1.165, 1.54) is 0 Å². The van der Waals surface area contributed by atoms with Crippen LogP contribution in [0.25, 0.3) is 10.9 Å². The van der Waals surface area contributed by atoms with Gasteiger partial charge in [0.1, 0.15) is 18.0 Å². The van der Waals surface area contributed by atoms with Crippen LogP contribution in [0.1, 0.15) is 12.1 Å². The zero-order valence-corrected chi connectivity index (χ0v) is 22.1. The van der Waals surface area contributed by atoms with Gasteiger partial charge < -0.3 is 30.0 Å². The highest BCUT2D eigenvalue weighted by Crippen LogP contribution is 2.31. The van der Waals surface area contributed by atoms with E-state index in [1.807, 2.05) is 12.1 Å². The molecule has 0 saturated carbocycles. The van der Waals surface area contributed by atoms with Crippen LogP contribution in [0.15, 0.2) is 23.2 Å². The summed E-state index contributed by atoms with van der Waals surface area (Å²) in [7, 11) is 6.78. The summed E-state index contributed by atoms with van der Waals surface area (Å²) in [6, 6.07) is 5.98. The number of nitrogens with one attached hydrogen (secondary N) is 3. The summed E-state index contributed by atoms with van der Waals surface area (Å²) in [4.78, 5) is 21.2. The van der Waals surface area contributed by atoms with Crippen LogP contribution in [0.4, 0.5) is 0 Å². The predicted molar refractivity (Wildman–Crippen MR) is 141 cm³/mol. The quantitative estimate of drug-likeness (QED) is 0.169. The van der Waals surface area contributed by atoms with E-state index >= 15 is 0 Å². The number of nitrogens with zero attached hydrogens (tertiary/aromatic N) is 2. The van der Waals surface area contributed by atoms with Crippen LogP contribution in [0.5, 0.6) is 11.5 Å². The number of aromatic nitrogens is 1. The summed E-state index contributed by atoms with van der Waals surface area (Å²) in [5, 5.41) is 7.64. The number of guanidine groups is 1. The van der Waals surface area contributed by atoms with Crippen molar-refractivity contribution >= 4 is 58.5 Å². The monoisotopic (exact) mass is 563 g/mol. The van der Waals surface area contributed by atoms with E-state index in [-0.39, 0.29) is 36.4 Å². The van der Waals surface area contributed by atoms with Gasteiger partial charge in [-0.05, 0) is 25.2 Å². The number of thioether (sulfide) groups is 1. The first-order valence-corrected chi connectivity index (χ1v) is 11.3. The van der Waals surface area contributed by atoms with Gasteiger partial charge in [-0.2, -0.15) is 11.8 Å². The molecular formula is C21H34IN5O3S. The highest BCUT2D eigenvalue weighted by molar-refractivity contribution is 14.0. The molecule has 1 aromatic carbocycles. The second kappa shape index (κ2) is 14.3. The molecule has 0 fully saturated rings. The fourth-order valence-corrected chi connectivity index (χ4v) is 3.18. The third-order valence-electron chi connectivity index (χ3n) is 4.57. The van der Waals surface area contributed by atoms with E-state index in [0.29, 0.717) is 5.96 Å². The summed E-state index contributed by atoms with van der Waals surface area (Å²) < 4.78 is 10.8. The lowest BCUT2D eigenvalue weighted by Gasteiger charge is -2.13. The van der Waals surface area contributed by atoms with Gasteiger partial charge >= 0.3 is 0 Å². The number of H-pyrrole nitrogens is 1. The standard InChI is InChI=1S/C21H33N5O3S.HI/c1-26(2)20(27)14-24-21(23-9-10-30-5)22-8-6-7-15-11-17-18(25-15)12-16(28-3)13-19(17)29-4;/h11-13,25H,6-10,14H2,1-5H3,(H2,22,23,24);1H. The molecule has 31 heavy (non-hydrogen) atoms. The minimum absolute atomic E-state index is 0. The summed E-state index contributed by atoms with van der Waals surface area (Å²) in [5.74, 6) is 3.18. The van der Waals surface area contributed by atoms with Crippen LogP contribution in [0.2, 0.25) is 0 Å². The number of benzene rings is 1. The lowest BCUT2D eigenvalue weighted by Crippen LogP contribution is -2.40. The van der Waals surface area contributed by atoms with Crippen molar-refractivity contribution in [2.45, 2.75) is 12.8 Å². The first kappa shape index (κ1) is 27.2. The Hall–Kier alpha value is -1.82. The Morgan fingerprint density at radius 1 is 1.16 bits per heavy atom. The Labute approximate surface area is 205 Å². The number of carbonyl (C=O) groups is 1. The lowest BCUT2D eigenvalue weighted by atomic mass is 10.2. The molecule has 0 aliphatic carbocycles. The molecule has 10 heteroatoms. The van der Waals surface area contributed by atoms with Gasteiger partial charge in [-0.25, -0.2) is 4.99 Å². The number of aromatic amines is 1. The molecule has 0 spiro atoms. The number of carbonyl (C=O) groups excluding carboxylic acids is 1. The molecular weight excluding hydrogens is 529 g/mol. The van der Waals surface area contributed by atoms with E-state index in [1.54, 1.807) is 45.0 Å². The maximum absolute atomic E-state index is 11.8. The van der Waals surface area contributed by atoms with Crippen molar-refractivity contribution in [1.82, 2.24) is 20.5 Å². The number of methoxy groups -OCH3 is 2. The predicted octanol–water partition coefficient (Wildman–Crippen LogP) is 2.72. The number of aliphatic imine (C=N–C) groups is 1. The van der Waals surface area contributed by atoms with E-state index < -0.39 is 0 Å². The Morgan fingerprint density at radius 2 is 1.90 bits per heavy atom. The van der Waals surface area contributed by atoms with E-state index in [0.717, 1.165) is 59.8 Å². The fraction of sp³-hybridized carbons (Fsp3) is 0.524. The maximum Gasteiger partial charge on any atom is 0.243 e. The Balaban J connectivity index is 0.00000480. The summed E-state index contributed by atoms with van der Waals surface area (Å²) >= 11 is 1.76. The molecule has 2 rings (SSSR count). The Bertz CT molecular complexity index is 857. The van der Waals surface area contributed by atoms with E-state index in [4.69, 9.17) is 9.47 Å². The van der Waals surface area contributed by atoms with Crippen molar-refractivity contribution in [3.63, 3.8) is 0 Å². The van der Waals surface area contributed by atoms with Gasteiger partial charge in [0.15, 0.2) is 5.96 Å². The zero-order valence-electron chi connectivity index (χ0n) is 18.9. The highest BCUT2D eigenvalue weighted by Gasteiger charge is 2.09. The molecule has 3 N–H and O–H groups in total. The van der Waals surface area contributed by atoms with Gasteiger partial charge in [-0.15, -0.1) is 24.0 Å². The van der Waals surface area contributed by atoms with Crippen LogP contribution in [-0.4, -0.2) is 81.7 Å². The number of rotatable bonds is 11. The van der Waals surface area contributed by atoms with Crippen LogP contribution in [0, 0.1) is 0 Å². The molecule has 0 radical (unpaired) electrons. The molecule has 174 valence electrons. The molecule has 1 heterocycles. The highest BCUT2D eigenvalue weighted by atomic mass is 127. The van der Waals surface area contributed by atoms with Crippen LogP contribution in [-0.2, 0) is 11.2 Å². The molecule has 1 amide bonds. The molecule has 0 atom stereocenters. The van der Waals surface area contributed by atoms with Gasteiger partial charge in [0, 0.05) is 56.2 Å². The number of halogens is 1. The normalized spacial score (nSPS) is 11.1. The number of amides is 1. The van der Waals surface area contributed by atoms with Gasteiger partial charge in [0.2, 0.25) is 5.91 Å². The van der Waals surface area contributed by atoms with E-state index in [2.05, 4.69) is 32.9 Å². The van der Waals surface area contributed by atoms with Gasteiger partial charge in [0.05, 0.1) is 19.7 Å². The fourth-order valence-electron chi connectivity index (χ4n) is 2.88. The average molecular weight is 564 g/mol. The zero-order chi connectivity index (χ0) is 21.9. The summed E-state index contributed by atoms with van der Waals surface area (Å²) in [6.45, 7) is 1.68. The Morgan fingerprint density at radius 3 is 2.55 bits per heavy atom. The lowest BCUT2D eigenvalue weighted by molar-refractivity contribution is -0.127. The maximum atomic E-state index is 11.8. The van der Waals surface area contributed by atoms with E-state index in [9.17, 15) is 4.79 Å². The first-order chi connectivity index (χ1) is 14.5. The summed E-state index contributed by atoms with van der Waals surface area (Å²) in [6.07, 6.45) is 3.85. The minimum atomic E-state index is -0.0246. The Kier molecular flexibility index (Phi) is 12.5. The number of aryl methyl sites for hydroxylation is 1. The van der Waals surface area contributed by atoms with Gasteiger partial charge in [-0.1, -0.05) is 0 Å². The number of fused-ring (bicyclic) bond motifs is 1. The largest absolute Gasteiger partial charge is 0.497 e. The summed E-state index contributed by atoms with van der Waals surface area (Å²) in [5.41, 5.74) is 2.13. The van der Waals surface area contributed by atoms with Crippen LogP contribution in [0.3, 0.4) is 0 Å². The molecule has 0 unspecified atom stereocenters. The minimum Gasteiger partial charge on any atom is -0.497 e. The molecule has 0 aliphatic rings. The smallest absolute Gasteiger partial charge is 0.243 e. The molecule has 0 aliphatic heterocycles. The second-order valence-corrected chi connectivity index (χ2v) is 7.97. The van der Waals surface area contributed by atoms with Crippen molar-refractivity contribution < 1.29 is 14.3 Å². The molecule has 0 bridgehead atoms. The van der Waals surface area contributed by atoms with Crippen LogP contribution < -0.4 is 20.1 Å². The number of hydrogen-bond acceptors (Lipinski definition) is 5. The average Bonchev–Trinajstić information content (AvgIpc) is 3.16. The molecule has 1 aromatic heterocycles. The molecule has 2 aromatic rings. The van der Waals surface area contributed by atoms with Crippen molar-refractivity contribution in [3.05, 3.63) is 23.9 Å². The van der Waals surface area contributed by atoms with Crippen molar-refractivity contribution in [1.29, 1.82) is 0 Å². The van der Waals surface area contributed by atoms with Crippen LogP contribution >= 0.6 is 35.7 Å². The first-order valence-electron chi connectivity index (χ1n) is 9.93. The second-order valence-electron chi connectivity index (χ2n) is 6.99. The van der Waals surface area contributed by atoms with Gasteiger partial charge in [-0.3, -0.25) is 4.79 Å². The third kappa shape index (κ3) is 8.68. The van der Waals surface area contributed by atoms with Crippen molar-refractivity contribution in [2.24, 2.45) is 4.99 Å². The van der Waals surface area contributed by atoms with Gasteiger partial charge in [0.25, 0.3) is 0 Å². The SMILES string of the molecule is COc1cc(OC)c2cc(CCCNC(=NCC(=O)N(C)C)NCCSC)[nH]c2c1.I. The molecule has 8 nitrogen and oxygen atoms in total. The number of ether oxygens (including phenoxy) is 2. The molecule has 0 saturated heterocycles.